The molecule has 0 aliphatic carbocycles. The van der Waals surface area contributed by atoms with Gasteiger partial charge in [0.25, 0.3) is 0 Å². The van der Waals surface area contributed by atoms with Crippen LogP contribution in [0.4, 0.5) is 0 Å². The highest BCUT2D eigenvalue weighted by Gasteiger charge is 2.21. The molecule has 0 spiro atoms. The third kappa shape index (κ3) is 5.68. The molecule has 0 heterocycles. The summed E-state index contributed by atoms with van der Waals surface area (Å²) in [6, 6.07) is 26.4. The summed E-state index contributed by atoms with van der Waals surface area (Å²) in [4.78, 5) is 0. The lowest BCUT2D eigenvalue weighted by Crippen LogP contribution is -2.33. The highest BCUT2D eigenvalue weighted by molar-refractivity contribution is 7.89. The van der Waals surface area contributed by atoms with Crippen LogP contribution in [0.1, 0.15) is 29.7 Å². The van der Waals surface area contributed by atoms with Crippen molar-refractivity contribution in [1.82, 2.24) is 4.72 Å². The van der Waals surface area contributed by atoms with Crippen molar-refractivity contribution in [2.45, 2.75) is 19.4 Å². The Labute approximate surface area is 167 Å². The zero-order valence-corrected chi connectivity index (χ0v) is 16.7. The molecule has 0 saturated carbocycles. The lowest BCUT2D eigenvalue weighted by molar-refractivity contribution is 0.340. The molecule has 4 nitrogen and oxygen atoms in total. The van der Waals surface area contributed by atoms with Gasteiger partial charge in [0.1, 0.15) is 12.4 Å². The molecular formula is C23H25NO3S. The van der Waals surface area contributed by atoms with Crippen LogP contribution in [0, 0.1) is 0 Å². The highest BCUT2D eigenvalue weighted by Crippen LogP contribution is 2.22. The molecule has 28 heavy (non-hydrogen) atoms. The Kier molecular flexibility index (Phi) is 6.85. The predicted octanol–water partition coefficient (Wildman–Crippen LogP) is 4.34. The molecule has 0 saturated heterocycles. The maximum atomic E-state index is 12.7. The van der Waals surface area contributed by atoms with Crippen molar-refractivity contribution in [2.75, 3.05) is 12.4 Å². The van der Waals surface area contributed by atoms with Gasteiger partial charge in [0.15, 0.2) is 0 Å². The summed E-state index contributed by atoms with van der Waals surface area (Å²) in [7, 11) is -3.54. The maximum absolute atomic E-state index is 12.7. The Morgan fingerprint density at radius 1 is 0.821 bits per heavy atom. The van der Waals surface area contributed by atoms with Crippen molar-refractivity contribution >= 4 is 10.0 Å². The van der Waals surface area contributed by atoms with Crippen molar-refractivity contribution in [2.24, 2.45) is 0 Å². The van der Waals surface area contributed by atoms with Crippen molar-refractivity contribution in [3.8, 4) is 5.75 Å². The number of aryl methyl sites for hydroxylation is 1. The van der Waals surface area contributed by atoms with Crippen LogP contribution in [0.3, 0.4) is 0 Å². The van der Waals surface area contributed by atoms with Crippen LogP contribution in [0.2, 0.25) is 0 Å². The van der Waals surface area contributed by atoms with Gasteiger partial charge in [-0.2, -0.15) is 0 Å². The zero-order chi connectivity index (χ0) is 19.8. The lowest BCUT2D eigenvalue weighted by Gasteiger charge is -2.20. The third-order valence-electron chi connectivity index (χ3n) is 4.52. The largest absolute Gasteiger partial charge is 0.492 e. The first-order valence-electron chi connectivity index (χ1n) is 9.39. The second-order valence-electron chi connectivity index (χ2n) is 6.54. The number of nitrogens with one attached hydrogen (secondary N) is 1. The van der Waals surface area contributed by atoms with E-state index < -0.39 is 16.1 Å². The first kappa shape index (κ1) is 20.1. The first-order chi connectivity index (χ1) is 13.6. The highest BCUT2D eigenvalue weighted by atomic mass is 32.2. The standard InChI is InChI=1S/C23H25NO3S/c1-2-19-13-15-22(16-14-19)27-17-18-28(25,26)24-23(20-9-5-3-6-10-20)21-11-7-4-8-12-21/h3-16,23-24H,2,17-18H2,1H3. The molecular weight excluding hydrogens is 370 g/mol. The topological polar surface area (TPSA) is 55.4 Å². The van der Waals surface area contributed by atoms with Crippen molar-refractivity contribution in [3.05, 3.63) is 102 Å². The monoisotopic (exact) mass is 395 g/mol. The Morgan fingerprint density at radius 3 is 1.86 bits per heavy atom. The molecule has 0 fully saturated rings. The summed E-state index contributed by atoms with van der Waals surface area (Å²) in [5, 5.41) is 0. The summed E-state index contributed by atoms with van der Waals surface area (Å²) in [6.45, 7) is 2.18. The van der Waals surface area contributed by atoms with Gasteiger partial charge in [0, 0.05) is 0 Å². The average Bonchev–Trinajstić information content (AvgIpc) is 2.74. The van der Waals surface area contributed by atoms with Crippen LogP contribution in [0.25, 0.3) is 0 Å². The summed E-state index contributed by atoms with van der Waals surface area (Å²) < 4.78 is 33.8. The van der Waals surface area contributed by atoms with Gasteiger partial charge in [-0.05, 0) is 35.2 Å². The van der Waals surface area contributed by atoms with Crippen LogP contribution >= 0.6 is 0 Å². The van der Waals surface area contributed by atoms with E-state index in [0.29, 0.717) is 5.75 Å². The minimum Gasteiger partial charge on any atom is -0.492 e. The Balaban J connectivity index is 1.67. The molecule has 0 amide bonds. The molecule has 3 aromatic rings. The van der Waals surface area contributed by atoms with E-state index >= 15 is 0 Å². The van der Waals surface area contributed by atoms with Crippen LogP contribution in [-0.2, 0) is 16.4 Å². The van der Waals surface area contributed by atoms with Crippen molar-refractivity contribution in [3.63, 3.8) is 0 Å². The molecule has 0 radical (unpaired) electrons. The van der Waals surface area contributed by atoms with E-state index in [9.17, 15) is 8.42 Å². The van der Waals surface area contributed by atoms with Gasteiger partial charge in [-0.1, -0.05) is 79.7 Å². The molecule has 3 aromatic carbocycles. The summed E-state index contributed by atoms with van der Waals surface area (Å²) in [5.41, 5.74) is 3.01. The SMILES string of the molecule is CCc1ccc(OCCS(=O)(=O)NC(c2ccccc2)c2ccccc2)cc1. The molecule has 1 N–H and O–H groups in total. The fraction of sp³-hybridized carbons (Fsp3) is 0.217. The number of ether oxygens (including phenoxy) is 1. The van der Waals surface area contributed by atoms with Crippen LogP contribution in [0.5, 0.6) is 5.75 Å². The minimum atomic E-state index is -3.54. The molecule has 0 bridgehead atoms. The van der Waals surface area contributed by atoms with Crippen LogP contribution in [-0.4, -0.2) is 20.8 Å². The smallest absolute Gasteiger partial charge is 0.215 e. The summed E-state index contributed by atoms with van der Waals surface area (Å²) in [6.07, 6.45) is 0.957. The quantitative estimate of drug-likeness (QED) is 0.586. The Bertz CT molecular complexity index is 916. The van der Waals surface area contributed by atoms with Gasteiger partial charge < -0.3 is 4.74 Å². The molecule has 0 unspecified atom stereocenters. The predicted molar refractivity (Wildman–Crippen MR) is 113 cm³/mol. The Hall–Kier alpha value is -2.63. The van der Waals surface area contributed by atoms with Gasteiger partial charge in [-0.15, -0.1) is 0 Å². The second kappa shape index (κ2) is 9.53. The second-order valence-corrected chi connectivity index (χ2v) is 8.41. The number of sulfonamides is 1. The molecule has 3 rings (SSSR count). The number of rotatable bonds is 9. The van der Waals surface area contributed by atoms with Gasteiger partial charge in [-0.25, -0.2) is 13.1 Å². The van der Waals surface area contributed by atoms with E-state index in [2.05, 4.69) is 11.6 Å². The fourth-order valence-electron chi connectivity index (χ4n) is 2.95. The van der Waals surface area contributed by atoms with E-state index in [0.717, 1.165) is 17.5 Å². The van der Waals surface area contributed by atoms with E-state index in [4.69, 9.17) is 4.74 Å². The molecule has 0 aliphatic heterocycles. The molecule has 0 atom stereocenters. The van der Waals surface area contributed by atoms with E-state index in [1.807, 2.05) is 84.9 Å². The first-order valence-corrected chi connectivity index (χ1v) is 11.0. The average molecular weight is 396 g/mol. The van der Waals surface area contributed by atoms with Gasteiger partial charge in [-0.3, -0.25) is 0 Å². The lowest BCUT2D eigenvalue weighted by atomic mass is 10.00. The van der Waals surface area contributed by atoms with E-state index in [1.165, 1.54) is 5.56 Å². The van der Waals surface area contributed by atoms with Crippen molar-refractivity contribution in [1.29, 1.82) is 0 Å². The van der Waals surface area contributed by atoms with Gasteiger partial charge in [0.05, 0.1) is 11.8 Å². The van der Waals surface area contributed by atoms with Gasteiger partial charge >= 0.3 is 0 Å². The number of benzene rings is 3. The third-order valence-corrected chi connectivity index (χ3v) is 5.81. The maximum Gasteiger partial charge on any atom is 0.215 e. The van der Waals surface area contributed by atoms with Crippen LogP contribution < -0.4 is 9.46 Å². The van der Waals surface area contributed by atoms with Crippen LogP contribution in [0.15, 0.2) is 84.9 Å². The van der Waals surface area contributed by atoms with E-state index in [1.54, 1.807) is 0 Å². The molecule has 5 heteroatoms. The zero-order valence-electron chi connectivity index (χ0n) is 15.9. The summed E-state index contributed by atoms with van der Waals surface area (Å²) in [5.74, 6) is 0.564. The van der Waals surface area contributed by atoms with E-state index in [-0.39, 0.29) is 12.4 Å². The molecule has 0 aromatic heterocycles. The normalized spacial score (nSPS) is 11.5. The Morgan fingerprint density at radius 2 is 1.36 bits per heavy atom. The van der Waals surface area contributed by atoms with Crippen molar-refractivity contribution < 1.29 is 13.2 Å². The number of hydrogen-bond acceptors (Lipinski definition) is 3. The molecule has 0 aliphatic rings. The fourth-order valence-corrected chi connectivity index (χ4v) is 4.00. The minimum absolute atomic E-state index is 0.0943. The molecule has 146 valence electrons. The van der Waals surface area contributed by atoms with Gasteiger partial charge in [0.2, 0.25) is 10.0 Å². The number of hydrogen-bond donors (Lipinski definition) is 1. The summed E-state index contributed by atoms with van der Waals surface area (Å²) >= 11 is 0.